The van der Waals surface area contributed by atoms with Crippen molar-refractivity contribution in [3.8, 4) is 11.6 Å². The maximum atomic E-state index is 13.3. The minimum Gasteiger partial charge on any atom is -0.439 e. The van der Waals surface area contributed by atoms with E-state index in [-0.39, 0.29) is 5.91 Å². The summed E-state index contributed by atoms with van der Waals surface area (Å²) in [7, 11) is 3.33. The first-order chi connectivity index (χ1) is 9.47. The first-order valence-corrected chi connectivity index (χ1v) is 6.57. The topological polar surface area (TPSA) is 42.4 Å². The van der Waals surface area contributed by atoms with Crippen LogP contribution in [0.3, 0.4) is 0 Å². The predicted octanol–water partition coefficient (Wildman–Crippen LogP) is 3.48. The molecule has 0 atom stereocenters. The number of amides is 1. The molecule has 1 heterocycles. The summed E-state index contributed by atoms with van der Waals surface area (Å²) in [6, 6.07) is 7.60. The number of aromatic nitrogens is 1. The molecule has 2 rings (SSSR count). The Morgan fingerprint density at radius 2 is 2.05 bits per heavy atom. The smallest absolute Gasteiger partial charge is 0.254 e. The number of halogens is 2. The lowest BCUT2D eigenvalue weighted by atomic mass is 10.2. The van der Waals surface area contributed by atoms with Crippen LogP contribution >= 0.6 is 15.9 Å². The highest BCUT2D eigenvalue weighted by atomic mass is 79.9. The summed E-state index contributed by atoms with van der Waals surface area (Å²) in [6.07, 6.45) is 1.42. The van der Waals surface area contributed by atoms with Crippen molar-refractivity contribution in [1.82, 2.24) is 9.88 Å². The van der Waals surface area contributed by atoms with Gasteiger partial charge in [-0.2, -0.15) is 0 Å². The Morgan fingerprint density at radius 3 is 2.60 bits per heavy atom. The maximum absolute atomic E-state index is 13.3. The third-order valence-corrected chi connectivity index (χ3v) is 3.15. The monoisotopic (exact) mass is 338 g/mol. The molecule has 4 nitrogen and oxygen atoms in total. The lowest BCUT2D eigenvalue weighted by molar-refractivity contribution is 0.0827. The van der Waals surface area contributed by atoms with Gasteiger partial charge in [-0.25, -0.2) is 9.37 Å². The fraction of sp³-hybridized carbons (Fsp3) is 0.143. The van der Waals surface area contributed by atoms with Crippen molar-refractivity contribution in [2.24, 2.45) is 0 Å². The Bertz CT molecular complexity index is 630. The van der Waals surface area contributed by atoms with Gasteiger partial charge in [0, 0.05) is 32.4 Å². The molecule has 0 spiro atoms. The Hall–Kier alpha value is -1.95. The minimum atomic E-state index is -0.415. The van der Waals surface area contributed by atoms with E-state index in [1.54, 1.807) is 38.4 Å². The van der Waals surface area contributed by atoms with E-state index < -0.39 is 5.82 Å². The van der Waals surface area contributed by atoms with E-state index in [0.29, 0.717) is 21.7 Å². The molecular weight excluding hydrogens is 327 g/mol. The molecule has 1 amide bonds. The maximum Gasteiger partial charge on any atom is 0.254 e. The number of hydrogen-bond acceptors (Lipinski definition) is 3. The number of rotatable bonds is 3. The molecule has 0 saturated carbocycles. The van der Waals surface area contributed by atoms with Crippen molar-refractivity contribution in [2.45, 2.75) is 0 Å². The van der Waals surface area contributed by atoms with Gasteiger partial charge in [-0.1, -0.05) is 0 Å². The van der Waals surface area contributed by atoms with Crippen molar-refractivity contribution >= 4 is 21.8 Å². The van der Waals surface area contributed by atoms with Gasteiger partial charge in [-0.3, -0.25) is 4.79 Å². The van der Waals surface area contributed by atoms with E-state index in [9.17, 15) is 9.18 Å². The van der Waals surface area contributed by atoms with E-state index in [0.717, 1.165) is 0 Å². The molecule has 2 aromatic rings. The first-order valence-electron chi connectivity index (χ1n) is 5.78. The Labute approximate surface area is 124 Å². The molecule has 0 saturated heterocycles. The summed E-state index contributed by atoms with van der Waals surface area (Å²) in [5.41, 5.74) is 0.462. The second-order valence-electron chi connectivity index (χ2n) is 4.26. The number of ether oxygens (including phenoxy) is 1. The van der Waals surface area contributed by atoms with Crippen LogP contribution in [-0.2, 0) is 0 Å². The van der Waals surface area contributed by atoms with Crippen LogP contribution in [0.25, 0.3) is 0 Å². The van der Waals surface area contributed by atoms with Crippen molar-refractivity contribution in [2.75, 3.05) is 14.1 Å². The molecule has 20 heavy (non-hydrogen) atoms. The zero-order valence-corrected chi connectivity index (χ0v) is 12.5. The second kappa shape index (κ2) is 6.00. The Balaban J connectivity index is 2.14. The second-order valence-corrected chi connectivity index (χ2v) is 5.12. The standard InChI is InChI=1S/C14H12BrFN2O2/c1-18(2)14(19)9-3-6-13(17-8-9)20-10-4-5-11(15)12(16)7-10/h3-8H,1-2H3. The van der Waals surface area contributed by atoms with Crippen molar-refractivity contribution < 1.29 is 13.9 Å². The molecule has 0 N–H and O–H groups in total. The van der Waals surface area contributed by atoms with Crippen molar-refractivity contribution in [3.05, 3.63) is 52.4 Å². The third-order valence-electron chi connectivity index (χ3n) is 2.50. The lowest BCUT2D eigenvalue weighted by Crippen LogP contribution is -2.21. The average Bonchev–Trinajstić information content (AvgIpc) is 2.43. The Kier molecular flexibility index (Phi) is 4.34. The van der Waals surface area contributed by atoms with E-state index in [2.05, 4.69) is 20.9 Å². The van der Waals surface area contributed by atoms with Gasteiger partial charge in [0.2, 0.25) is 5.88 Å². The van der Waals surface area contributed by atoms with E-state index in [1.165, 1.54) is 17.2 Å². The van der Waals surface area contributed by atoms with Gasteiger partial charge >= 0.3 is 0 Å². The quantitative estimate of drug-likeness (QED) is 0.860. The van der Waals surface area contributed by atoms with E-state index >= 15 is 0 Å². The molecule has 0 aliphatic heterocycles. The number of carbonyl (C=O) groups excluding carboxylic acids is 1. The van der Waals surface area contributed by atoms with Crippen LogP contribution in [0.4, 0.5) is 4.39 Å². The molecule has 104 valence electrons. The summed E-state index contributed by atoms with van der Waals surface area (Å²) in [4.78, 5) is 17.2. The zero-order chi connectivity index (χ0) is 14.7. The number of carbonyl (C=O) groups is 1. The van der Waals surface area contributed by atoms with Gasteiger partial charge < -0.3 is 9.64 Å². The van der Waals surface area contributed by atoms with Gasteiger partial charge in [0.25, 0.3) is 5.91 Å². The van der Waals surface area contributed by atoms with Crippen LogP contribution in [0.15, 0.2) is 41.0 Å². The van der Waals surface area contributed by atoms with Crippen molar-refractivity contribution in [1.29, 1.82) is 0 Å². The molecule has 0 fully saturated rings. The number of benzene rings is 1. The fourth-order valence-electron chi connectivity index (χ4n) is 1.49. The van der Waals surface area contributed by atoms with Gasteiger partial charge in [0.05, 0.1) is 10.0 Å². The van der Waals surface area contributed by atoms with Crippen LogP contribution in [-0.4, -0.2) is 29.9 Å². The molecule has 0 unspecified atom stereocenters. The normalized spacial score (nSPS) is 10.2. The van der Waals surface area contributed by atoms with Gasteiger partial charge in [-0.05, 0) is 34.1 Å². The Morgan fingerprint density at radius 1 is 1.30 bits per heavy atom. The van der Waals surface area contributed by atoms with Gasteiger partial charge in [0.15, 0.2) is 0 Å². The van der Waals surface area contributed by atoms with Crippen LogP contribution < -0.4 is 4.74 Å². The largest absolute Gasteiger partial charge is 0.439 e. The number of hydrogen-bond donors (Lipinski definition) is 0. The summed E-state index contributed by atoms with van der Waals surface area (Å²) in [6.45, 7) is 0. The van der Waals surface area contributed by atoms with Crippen LogP contribution in [0.1, 0.15) is 10.4 Å². The third kappa shape index (κ3) is 3.33. The summed E-state index contributed by atoms with van der Waals surface area (Å²) < 4.78 is 19.1. The number of pyridine rings is 1. The molecule has 1 aromatic carbocycles. The highest BCUT2D eigenvalue weighted by Crippen LogP contribution is 2.24. The predicted molar refractivity (Wildman–Crippen MR) is 76.4 cm³/mol. The summed E-state index contributed by atoms with van der Waals surface area (Å²) in [5.74, 6) is 0.0764. The average molecular weight is 339 g/mol. The lowest BCUT2D eigenvalue weighted by Gasteiger charge is -2.10. The van der Waals surface area contributed by atoms with Crippen LogP contribution in [0.5, 0.6) is 11.6 Å². The molecule has 0 aliphatic carbocycles. The van der Waals surface area contributed by atoms with Crippen LogP contribution in [0, 0.1) is 5.82 Å². The summed E-state index contributed by atoms with van der Waals surface area (Å²) in [5, 5.41) is 0. The van der Waals surface area contributed by atoms with Crippen molar-refractivity contribution in [3.63, 3.8) is 0 Å². The first kappa shape index (κ1) is 14.5. The zero-order valence-electron chi connectivity index (χ0n) is 10.9. The fourth-order valence-corrected chi connectivity index (χ4v) is 1.73. The number of nitrogens with zero attached hydrogens (tertiary/aromatic N) is 2. The van der Waals surface area contributed by atoms with E-state index in [1.807, 2.05) is 0 Å². The molecule has 0 aliphatic rings. The molecule has 0 bridgehead atoms. The highest BCUT2D eigenvalue weighted by molar-refractivity contribution is 9.10. The molecule has 6 heteroatoms. The van der Waals surface area contributed by atoms with E-state index in [4.69, 9.17) is 4.74 Å². The van der Waals surface area contributed by atoms with Crippen LogP contribution in [0.2, 0.25) is 0 Å². The molecule has 1 aromatic heterocycles. The van der Waals surface area contributed by atoms with Gasteiger partial charge in [-0.15, -0.1) is 0 Å². The molecule has 0 radical (unpaired) electrons. The molecular formula is C14H12BrFN2O2. The SMILES string of the molecule is CN(C)C(=O)c1ccc(Oc2ccc(Br)c(F)c2)nc1. The highest BCUT2D eigenvalue weighted by Gasteiger charge is 2.09. The summed E-state index contributed by atoms with van der Waals surface area (Å²) >= 11 is 3.07. The minimum absolute atomic E-state index is 0.140. The van der Waals surface area contributed by atoms with Gasteiger partial charge in [0.1, 0.15) is 11.6 Å².